The van der Waals surface area contributed by atoms with Crippen molar-refractivity contribution in [1.29, 1.82) is 0 Å². The molecule has 2 rings (SSSR count). The summed E-state index contributed by atoms with van der Waals surface area (Å²) in [6.45, 7) is 5.96. The number of hydrogen-bond acceptors (Lipinski definition) is 2. The minimum atomic E-state index is -0.395. The van der Waals surface area contributed by atoms with Crippen LogP contribution in [0.4, 0.5) is 0 Å². The summed E-state index contributed by atoms with van der Waals surface area (Å²) < 4.78 is 1.33. The largest absolute Gasteiger partial charge is 0.329 e. The van der Waals surface area contributed by atoms with E-state index in [-0.39, 0.29) is 22.2 Å². The van der Waals surface area contributed by atoms with Crippen LogP contribution in [0.3, 0.4) is 0 Å². The minimum absolute atomic E-state index is 0.00258. The van der Waals surface area contributed by atoms with Gasteiger partial charge in [-0.05, 0) is 31.6 Å². The Kier molecular flexibility index (Phi) is 2.94. The third-order valence-electron chi connectivity index (χ3n) is 3.61. The second-order valence-corrected chi connectivity index (χ2v) is 5.98. The van der Waals surface area contributed by atoms with Crippen molar-refractivity contribution in [3.63, 3.8) is 0 Å². The van der Waals surface area contributed by atoms with E-state index >= 15 is 0 Å². The molecule has 0 spiro atoms. The number of nitrogens with one attached hydrogen (secondary N) is 1. The monoisotopic (exact) mass is 256 g/mol. The van der Waals surface area contributed by atoms with E-state index in [9.17, 15) is 9.59 Å². The summed E-state index contributed by atoms with van der Waals surface area (Å²) in [4.78, 5) is 26.4. The highest BCUT2D eigenvalue weighted by molar-refractivity contribution is 6.30. The molecule has 5 heteroatoms. The Hall–Kier alpha value is -1.03. The molecule has 1 atom stereocenters. The first-order valence-corrected chi connectivity index (χ1v) is 6.20. The quantitative estimate of drug-likeness (QED) is 0.784. The fourth-order valence-electron chi connectivity index (χ4n) is 2.57. The molecule has 4 nitrogen and oxygen atoms in total. The third kappa shape index (κ3) is 2.18. The summed E-state index contributed by atoms with van der Waals surface area (Å²) in [5, 5.41) is 0.147. The molecule has 1 aromatic rings. The van der Waals surface area contributed by atoms with Gasteiger partial charge in [0.15, 0.2) is 0 Å². The fraction of sp³-hybridized carbons (Fsp3) is 0.667. The standard InChI is InChI=1S/C12H17ClN2O2/c1-7-9(13)14-11(17)15(10(7)16)8-4-5-12(2,3)6-8/h8H,4-6H2,1-3H3,(H,14,17). The summed E-state index contributed by atoms with van der Waals surface area (Å²) >= 11 is 5.79. The van der Waals surface area contributed by atoms with Gasteiger partial charge in [-0.15, -0.1) is 0 Å². The first-order chi connectivity index (χ1) is 7.82. The predicted octanol–water partition coefficient (Wildman–Crippen LogP) is 2.25. The van der Waals surface area contributed by atoms with E-state index in [0.717, 1.165) is 19.3 Å². The molecule has 0 aromatic carbocycles. The Morgan fingerprint density at radius 2 is 2.06 bits per heavy atom. The maximum atomic E-state index is 12.1. The number of aromatic nitrogens is 2. The molecule has 1 aliphatic rings. The lowest BCUT2D eigenvalue weighted by molar-refractivity contribution is 0.352. The molecule has 1 aliphatic carbocycles. The lowest BCUT2D eigenvalue weighted by Gasteiger charge is -2.18. The number of aromatic amines is 1. The fourth-order valence-corrected chi connectivity index (χ4v) is 2.73. The van der Waals surface area contributed by atoms with Crippen LogP contribution in [0.2, 0.25) is 5.15 Å². The van der Waals surface area contributed by atoms with Crippen LogP contribution in [-0.4, -0.2) is 9.55 Å². The van der Waals surface area contributed by atoms with Crippen molar-refractivity contribution in [3.05, 3.63) is 31.6 Å². The molecule has 0 aliphatic heterocycles. The van der Waals surface area contributed by atoms with Gasteiger partial charge < -0.3 is 0 Å². The molecule has 17 heavy (non-hydrogen) atoms. The van der Waals surface area contributed by atoms with Crippen LogP contribution in [0, 0.1) is 12.3 Å². The van der Waals surface area contributed by atoms with Crippen LogP contribution < -0.4 is 11.2 Å². The predicted molar refractivity (Wildman–Crippen MR) is 67.7 cm³/mol. The van der Waals surface area contributed by atoms with E-state index in [2.05, 4.69) is 18.8 Å². The molecular formula is C12H17ClN2O2. The van der Waals surface area contributed by atoms with E-state index in [4.69, 9.17) is 11.6 Å². The molecule has 0 radical (unpaired) electrons. The van der Waals surface area contributed by atoms with Crippen molar-refractivity contribution in [2.24, 2.45) is 5.41 Å². The Labute approximate surface area is 105 Å². The maximum absolute atomic E-state index is 12.1. The lowest BCUT2D eigenvalue weighted by atomic mass is 9.92. The molecule has 0 bridgehead atoms. The van der Waals surface area contributed by atoms with Gasteiger partial charge in [-0.25, -0.2) is 4.79 Å². The number of halogens is 1. The highest BCUT2D eigenvalue weighted by Crippen LogP contribution is 2.42. The van der Waals surface area contributed by atoms with E-state index in [0.29, 0.717) is 5.56 Å². The second-order valence-electron chi connectivity index (χ2n) is 5.61. The molecule has 1 aromatic heterocycles. The third-order valence-corrected chi connectivity index (χ3v) is 3.99. The minimum Gasteiger partial charge on any atom is -0.297 e. The lowest BCUT2D eigenvalue weighted by Crippen LogP contribution is -2.39. The summed E-state index contributed by atoms with van der Waals surface area (Å²) in [6, 6.07) is -0.00258. The van der Waals surface area contributed by atoms with Crippen LogP contribution in [0.25, 0.3) is 0 Å². The molecular weight excluding hydrogens is 240 g/mol. The molecule has 0 amide bonds. The number of hydrogen-bond donors (Lipinski definition) is 1. The first-order valence-electron chi connectivity index (χ1n) is 5.83. The van der Waals surface area contributed by atoms with Gasteiger partial charge >= 0.3 is 5.69 Å². The van der Waals surface area contributed by atoms with E-state index in [1.54, 1.807) is 6.92 Å². The second kappa shape index (κ2) is 4.02. The average Bonchev–Trinajstić information content (AvgIpc) is 2.55. The zero-order valence-corrected chi connectivity index (χ0v) is 11.1. The zero-order valence-electron chi connectivity index (χ0n) is 10.3. The first kappa shape index (κ1) is 12.4. The van der Waals surface area contributed by atoms with Crippen molar-refractivity contribution >= 4 is 11.6 Å². The summed E-state index contributed by atoms with van der Waals surface area (Å²) in [5.74, 6) is 0. The van der Waals surface area contributed by atoms with Gasteiger partial charge in [-0.1, -0.05) is 25.4 Å². The molecule has 0 saturated heterocycles. The van der Waals surface area contributed by atoms with Crippen LogP contribution in [-0.2, 0) is 0 Å². The Balaban J connectivity index is 2.51. The zero-order chi connectivity index (χ0) is 12.8. The summed E-state index contributed by atoms with van der Waals surface area (Å²) in [7, 11) is 0. The van der Waals surface area contributed by atoms with E-state index in [1.807, 2.05) is 0 Å². The summed E-state index contributed by atoms with van der Waals surface area (Å²) in [5.41, 5.74) is -0.0462. The SMILES string of the molecule is Cc1c(Cl)[nH]c(=O)n(C2CCC(C)(C)C2)c1=O. The topological polar surface area (TPSA) is 54.9 Å². The van der Waals surface area contributed by atoms with E-state index < -0.39 is 5.69 Å². The smallest absolute Gasteiger partial charge is 0.297 e. The summed E-state index contributed by atoms with van der Waals surface area (Å²) in [6.07, 6.45) is 2.76. The average molecular weight is 257 g/mol. The molecule has 94 valence electrons. The molecule has 1 heterocycles. The van der Waals surface area contributed by atoms with Gasteiger partial charge in [0.25, 0.3) is 5.56 Å². The molecule has 1 saturated carbocycles. The van der Waals surface area contributed by atoms with Crippen molar-refractivity contribution in [1.82, 2.24) is 9.55 Å². The van der Waals surface area contributed by atoms with Gasteiger partial charge in [0.2, 0.25) is 0 Å². The van der Waals surface area contributed by atoms with Crippen LogP contribution in [0.5, 0.6) is 0 Å². The molecule has 1 unspecified atom stereocenters. The maximum Gasteiger partial charge on any atom is 0.329 e. The van der Waals surface area contributed by atoms with E-state index in [1.165, 1.54) is 4.57 Å². The van der Waals surface area contributed by atoms with Crippen molar-refractivity contribution in [2.45, 2.75) is 46.1 Å². The van der Waals surface area contributed by atoms with Crippen molar-refractivity contribution < 1.29 is 0 Å². The number of H-pyrrole nitrogens is 1. The van der Waals surface area contributed by atoms with Crippen molar-refractivity contribution in [3.8, 4) is 0 Å². The van der Waals surface area contributed by atoms with Gasteiger partial charge in [-0.3, -0.25) is 14.3 Å². The van der Waals surface area contributed by atoms with Gasteiger partial charge in [-0.2, -0.15) is 0 Å². The van der Waals surface area contributed by atoms with Crippen LogP contribution in [0.1, 0.15) is 44.7 Å². The van der Waals surface area contributed by atoms with Crippen LogP contribution >= 0.6 is 11.6 Å². The highest BCUT2D eigenvalue weighted by Gasteiger charge is 2.33. The molecule has 1 fully saturated rings. The van der Waals surface area contributed by atoms with Crippen molar-refractivity contribution in [2.75, 3.05) is 0 Å². The Morgan fingerprint density at radius 1 is 1.41 bits per heavy atom. The number of rotatable bonds is 1. The van der Waals surface area contributed by atoms with Gasteiger partial charge in [0.05, 0.1) is 0 Å². The van der Waals surface area contributed by atoms with Gasteiger partial charge in [0.1, 0.15) is 5.15 Å². The number of nitrogens with zero attached hydrogens (tertiary/aromatic N) is 1. The normalized spacial score (nSPS) is 22.9. The Bertz CT molecular complexity index is 557. The molecule has 1 N–H and O–H groups in total. The van der Waals surface area contributed by atoms with Gasteiger partial charge in [0, 0.05) is 11.6 Å². The highest BCUT2D eigenvalue weighted by atomic mass is 35.5. The van der Waals surface area contributed by atoms with Crippen LogP contribution in [0.15, 0.2) is 9.59 Å². The Morgan fingerprint density at radius 3 is 2.59 bits per heavy atom.